The molecule has 6 rings (SSSR count). The normalized spacial score (nSPS) is 18.6. The average molecular weight is 453 g/mol. The Bertz CT molecular complexity index is 1740. The lowest BCUT2D eigenvalue weighted by atomic mass is 9.62. The summed E-state index contributed by atoms with van der Waals surface area (Å²) < 4.78 is 33.5. The van der Waals surface area contributed by atoms with Crippen LogP contribution in [-0.2, 0) is 17.9 Å². The Labute approximate surface area is 205 Å². The van der Waals surface area contributed by atoms with Gasteiger partial charge in [0.05, 0.1) is 5.56 Å². The first kappa shape index (κ1) is 18.2. The highest BCUT2D eigenvalue weighted by Gasteiger charge is 2.45. The van der Waals surface area contributed by atoms with Gasteiger partial charge >= 0.3 is 0 Å². The second-order valence-corrected chi connectivity index (χ2v) is 11.3. The maximum Gasteiger partial charge on any atom is 0.246 e. The van der Waals surface area contributed by atoms with Gasteiger partial charge in [-0.3, -0.25) is 0 Å². The number of aromatic nitrogens is 2. The highest BCUT2D eigenvalue weighted by Crippen LogP contribution is 2.50. The lowest BCUT2D eigenvalue weighted by Crippen LogP contribution is -2.45. The molecule has 3 heteroatoms. The molecule has 2 heterocycles. The minimum Gasteiger partial charge on any atom is -0.455 e. The summed E-state index contributed by atoms with van der Waals surface area (Å²) in [7, 11) is 1.87. The van der Waals surface area contributed by atoms with Crippen LogP contribution in [0.5, 0.6) is 0 Å². The SMILES string of the molecule is [2H]C([2H])([2H])c1n[n+](C)c(-c2c(C)ccc3c2oc2cc4ccccc4cc23)c2c1C(C)(C)CCC2(C)C. The van der Waals surface area contributed by atoms with Gasteiger partial charge in [-0.15, -0.1) is 0 Å². The fourth-order valence-corrected chi connectivity index (χ4v) is 6.05. The number of furan rings is 1. The molecule has 3 nitrogen and oxygen atoms in total. The zero-order valence-electron chi connectivity index (χ0n) is 23.8. The van der Waals surface area contributed by atoms with Crippen LogP contribution in [0.15, 0.2) is 52.9 Å². The summed E-state index contributed by atoms with van der Waals surface area (Å²) in [5.74, 6) is 0. The summed E-state index contributed by atoms with van der Waals surface area (Å²) in [5, 5.41) is 9.21. The van der Waals surface area contributed by atoms with Gasteiger partial charge in [-0.1, -0.05) is 68.8 Å². The van der Waals surface area contributed by atoms with Crippen molar-refractivity contribution in [1.82, 2.24) is 5.10 Å². The third-order valence-corrected chi connectivity index (χ3v) is 7.98. The number of fused-ring (bicyclic) bond motifs is 5. The van der Waals surface area contributed by atoms with Crippen LogP contribution in [0.1, 0.15) is 67.0 Å². The van der Waals surface area contributed by atoms with Crippen LogP contribution in [0.25, 0.3) is 44.0 Å². The molecule has 0 saturated carbocycles. The average Bonchev–Trinajstić information content (AvgIpc) is 3.17. The van der Waals surface area contributed by atoms with E-state index in [0.717, 1.165) is 68.1 Å². The van der Waals surface area contributed by atoms with Crippen molar-refractivity contribution in [3.05, 3.63) is 70.9 Å². The molecule has 0 aliphatic heterocycles. The van der Waals surface area contributed by atoms with E-state index in [1.165, 1.54) is 5.39 Å². The van der Waals surface area contributed by atoms with E-state index in [-0.39, 0.29) is 16.5 Å². The maximum atomic E-state index is 8.35. The van der Waals surface area contributed by atoms with Gasteiger partial charge in [0.25, 0.3) is 0 Å². The number of benzene rings is 3. The second kappa shape index (κ2) is 6.91. The van der Waals surface area contributed by atoms with E-state index < -0.39 is 6.85 Å². The number of hydrogen-bond donors (Lipinski definition) is 0. The maximum absolute atomic E-state index is 8.35. The smallest absolute Gasteiger partial charge is 0.246 e. The van der Waals surface area contributed by atoms with Gasteiger partial charge in [-0.2, -0.15) is 0 Å². The van der Waals surface area contributed by atoms with Crippen molar-refractivity contribution < 1.29 is 13.2 Å². The highest BCUT2D eigenvalue weighted by molar-refractivity contribution is 6.13. The molecular weight excluding hydrogens is 416 g/mol. The Morgan fingerprint density at radius 1 is 0.912 bits per heavy atom. The summed E-state index contributed by atoms with van der Waals surface area (Å²) >= 11 is 0. The molecular formula is C31H33N2O+. The molecule has 0 radical (unpaired) electrons. The summed E-state index contributed by atoms with van der Waals surface area (Å²) in [5.41, 5.74) is 6.33. The standard InChI is InChI=1S/C31H33N2O/c1-18-12-13-22-23-16-20-10-8-9-11-21(20)17-24(23)34-29(22)25(18)28-27-26(19(2)32-33(28)7)30(3,4)14-15-31(27,5)6/h8-13,16-17H,14-15H2,1-7H3/q+1/i2D3. The minimum absolute atomic E-state index is 0.215. The van der Waals surface area contributed by atoms with Crippen LogP contribution in [0.4, 0.5) is 0 Å². The van der Waals surface area contributed by atoms with Crippen molar-refractivity contribution in [2.75, 3.05) is 0 Å². The van der Waals surface area contributed by atoms with Crippen molar-refractivity contribution in [2.24, 2.45) is 7.05 Å². The van der Waals surface area contributed by atoms with Crippen molar-refractivity contribution in [3.63, 3.8) is 0 Å². The molecule has 34 heavy (non-hydrogen) atoms. The van der Waals surface area contributed by atoms with E-state index >= 15 is 0 Å². The first-order valence-corrected chi connectivity index (χ1v) is 12.1. The third kappa shape index (κ3) is 2.89. The lowest BCUT2D eigenvalue weighted by Gasteiger charge is -2.41. The Kier molecular flexibility index (Phi) is 3.69. The highest BCUT2D eigenvalue weighted by atomic mass is 16.3. The largest absolute Gasteiger partial charge is 0.455 e. The third-order valence-electron chi connectivity index (χ3n) is 7.98. The van der Waals surface area contributed by atoms with Crippen molar-refractivity contribution in [1.29, 1.82) is 0 Å². The van der Waals surface area contributed by atoms with Gasteiger partial charge in [-0.05, 0) is 76.6 Å². The van der Waals surface area contributed by atoms with Crippen molar-refractivity contribution in [3.8, 4) is 11.3 Å². The molecule has 5 aromatic rings. The molecule has 0 atom stereocenters. The fraction of sp³-hybridized carbons (Fsp3) is 0.355. The van der Waals surface area contributed by atoms with Crippen LogP contribution < -0.4 is 4.68 Å². The van der Waals surface area contributed by atoms with E-state index in [1.54, 1.807) is 4.68 Å². The van der Waals surface area contributed by atoms with E-state index in [2.05, 4.69) is 77.1 Å². The van der Waals surface area contributed by atoms with Gasteiger partial charge in [-0.25, -0.2) is 0 Å². The quantitative estimate of drug-likeness (QED) is 0.245. The van der Waals surface area contributed by atoms with E-state index in [1.807, 2.05) is 13.1 Å². The molecule has 1 aliphatic carbocycles. The first-order valence-electron chi connectivity index (χ1n) is 13.6. The number of aryl methyl sites for hydroxylation is 3. The monoisotopic (exact) mass is 452 g/mol. The Hall–Kier alpha value is -3.20. The van der Waals surface area contributed by atoms with Gasteiger partial charge in [0.2, 0.25) is 5.69 Å². The molecule has 2 aromatic heterocycles. The lowest BCUT2D eigenvalue weighted by molar-refractivity contribution is -0.721. The van der Waals surface area contributed by atoms with Crippen LogP contribution in [0, 0.1) is 13.8 Å². The van der Waals surface area contributed by atoms with Gasteiger partial charge < -0.3 is 4.42 Å². The van der Waals surface area contributed by atoms with Gasteiger partial charge in [0, 0.05) is 20.4 Å². The molecule has 3 aromatic carbocycles. The molecule has 0 bridgehead atoms. The number of rotatable bonds is 1. The Morgan fingerprint density at radius 2 is 1.59 bits per heavy atom. The Morgan fingerprint density at radius 3 is 2.29 bits per heavy atom. The summed E-state index contributed by atoms with van der Waals surface area (Å²) in [6.07, 6.45) is 1.87. The second-order valence-electron chi connectivity index (χ2n) is 11.3. The van der Waals surface area contributed by atoms with Crippen LogP contribution in [0.3, 0.4) is 0 Å². The molecule has 0 amide bonds. The molecule has 172 valence electrons. The van der Waals surface area contributed by atoms with Crippen LogP contribution in [0.2, 0.25) is 0 Å². The fourth-order valence-electron chi connectivity index (χ4n) is 6.05. The van der Waals surface area contributed by atoms with E-state index in [4.69, 9.17) is 13.6 Å². The summed E-state index contributed by atoms with van der Waals surface area (Å²) in [6.45, 7) is 8.57. The minimum atomic E-state index is -2.30. The van der Waals surface area contributed by atoms with E-state index in [0.29, 0.717) is 0 Å². The molecule has 0 saturated heterocycles. The molecule has 1 aliphatic rings. The Balaban J connectivity index is 1.78. The van der Waals surface area contributed by atoms with Crippen LogP contribution in [-0.4, -0.2) is 5.10 Å². The van der Waals surface area contributed by atoms with Crippen molar-refractivity contribution >= 4 is 32.7 Å². The molecule has 0 spiro atoms. The zero-order chi connectivity index (χ0) is 26.5. The molecule has 0 unspecified atom stereocenters. The van der Waals surface area contributed by atoms with Gasteiger partial charge in [0.1, 0.15) is 16.9 Å². The predicted octanol–water partition coefficient (Wildman–Crippen LogP) is 7.59. The summed E-state index contributed by atoms with van der Waals surface area (Å²) in [4.78, 5) is 0. The van der Waals surface area contributed by atoms with Crippen molar-refractivity contribution in [2.45, 2.75) is 65.1 Å². The predicted molar refractivity (Wildman–Crippen MR) is 140 cm³/mol. The summed E-state index contributed by atoms with van der Waals surface area (Å²) in [6, 6.07) is 16.9. The first-order chi connectivity index (χ1) is 17.3. The molecule has 0 fully saturated rings. The topological polar surface area (TPSA) is 29.9 Å². The van der Waals surface area contributed by atoms with Gasteiger partial charge in [0.15, 0.2) is 7.05 Å². The van der Waals surface area contributed by atoms with E-state index in [9.17, 15) is 0 Å². The zero-order valence-corrected chi connectivity index (χ0v) is 20.8. The number of hydrogen-bond acceptors (Lipinski definition) is 2. The molecule has 0 N–H and O–H groups in total. The van der Waals surface area contributed by atoms with Crippen LogP contribution >= 0.6 is 0 Å². The number of nitrogens with zero attached hydrogens (tertiary/aromatic N) is 2.